The molecule has 1 fully saturated rings. The number of benzene rings is 1. The first-order chi connectivity index (χ1) is 13.8. The van der Waals surface area contributed by atoms with Crippen molar-refractivity contribution in [2.45, 2.75) is 30.3 Å². The van der Waals surface area contributed by atoms with Crippen LogP contribution in [0.4, 0.5) is 19.3 Å². The summed E-state index contributed by atoms with van der Waals surface area (Å²) in [6.07, 6.45) is 3.63. The highest BCUT2D eigenvalue weighted by Crippen LogP contribution is 2.44. The number of anilines is 1. The number of amides is 3. The molecule has 4 rings (SSSR count). The fraction of sp³-hybridized carbons (Fsp3) is 0.421. The number of fused-ring (bicyclic) bond motifs is 1. The van der Waals surface area contributed by atoms with Crippen molar-refractivity contribution < 1.29 is 27.8 Å². The molecule has 3 aliphatic rings. The van der Waals surface area contributed by atoms with Gasteiger partial charge in [0.1, 0.15) is 17.6 Å². The average molecular weight is 423 g/mol. The third-order valence-electron chi connectivity index (χ3n) is 5.08. The Hall–Kier alpha value is -2.30. The molecule has 2 bridgehead atoms. The number of hydrogen-bond donors (Lipinski definition) is 2. The highest BCUT2D eigenvalue weighted by atomic mass is 32.2. The van der Waals surface area contributed by atoms with Gasteiger partial charge >= 0.3 is 6.03 Å². The second-order valence-corrected chi connectivity index (χ2v) is 8.31. The first-order valence-corrected chi connectivity index (χ1v) is 10.0. The van der Waals surface area contributed by atoms with Crippen molar-refractivity contribution in [1.82, 2.24) is 0 Å². The maximum atomic E-state index is 13.8. The van der Waals surface area contributed by atoms with Gasteiger partial charge in [0.05, 0.1) is 23.9 Å². The number of urea groups is 1. The lowest BCUT2D eigenvalue weighted by molar-refractivity contribution is -0.163. The molecule has 0 aromatic heterocycles. The Balaban J connectivity index is 1.57. The Bertz CT molecular complexity index is 915. The van der Waals surface area contributed by atoms with E-state index < -0.39 is 35.3 Å². The van der Waals surface area contributed by atoms with Crippen LogP contribution in [0.5, 0.6) is 0 Å². The molecule has 3 N–H and O–H groups in total. The number of aliphatic imine (C=N–C) groups is 1. The molecule has 2 heterocycles. The predicted octanol–water partition coefficient (Wildman–Crippen LogP) is 2.97. The smallest absolute Gasteiger partial charge is 0.346 e. The van der Waals surface area contributed by atoms with Gasteiger partial charge in [0.2, 0.25) is 5.91 Å². The van der Waals surface area contributed by atoms with E-state index in [4.69, 9.17) is 15.2 Å². The number of ether oxygens (including phenoxy) is 2. The molecule has 2 atom stereocenters. The summed E-state index contributed by atoms with van der Waals surface area (Å²) in [5, 5.41) is 2.42. The molecular weight excluding hydrogens is 404 g/mol. The summed E-state index contributed by atoms with van der Waals surface area (Å²) >= 11 is 1.24. The van der Waals surface area contributed by atoms with Gasteiger partial charge < -0.3 is 20.5 Å². The van der Waals surface area contributed by atoms with Gasteiger partial charge in [0.25, 0.3) is 0 Å². The summed E-state index contributed by atoms with van der Waals surface area (Å²) < 4.78 is 38.4. The van der Waals surface area contributed by atoms with Crippen molar-refractivity contribution in [2.75, 3.05) is 18.5 Å². The van der Waals surface area contributed by atoms with Crippen molar-refractivity contribution in [3.63, 3.8) is 0 Å². The molecule has 29 heavy (non-hydrogen) atoms. The Kier molecular flexibility index (Phi) is 5.41. The van der Waals surface area contributed by atoms with Crippen LogP contribution >= 0.6 is 11.8 Å². The van der Waals surface area contributed by atoms with Gasteiger partial charge in [0.15, 0.2) is 5.79 Å². The zero-order chi connectivity index (χ0) is 20.6. The van der Waals surface area contributed by atoms with Crippen molar-refractivity contribution in [3.05, 3.63) is 41.5 Å². The minimum atomic E-state index is -0.921. The van der Waals surface area contributed by atoms with E-state index in [-0.39, 0.29) is 16.0 Å². The van der Waals surface area contributed by atoms with Crippen LogP contribution in [0.3, 0.4) is 0 Å². The molecular formula is C19H19F2N3O4S. The first kappa shape index (κ1) is 20.0. The van der Waals surface area contributed by atoms with Gasteiger partial charge in [-0.1, -0.05) is 11.6 Å². The molecule has 2 aliphatic heterocycles. The summed E-state index contributed by atoms with van der Waals surface area (Å²) in [6, 6.07) is 1.91. The van der Waals surface area contributed by atoms with E-state index in [1.807, 2.05) is 6.08 Å². The minimum absolute atomic E-state index is 0.102. The fourth-order valence-electron chi connectivity index (χ4n) is 3.81. The van der Waals surface area contributed by atoms with Gasteiger partial charge in [-0.3, -0.25) is 4.79 Å². The van der Waals surface area contributed by atoms with Gasteiger partial charge in [-0.05, 0) is 18.6 Å². The number of rotatable bonds is 2. The maximum absolute atomic E-state index is 13.8. The largest absolute Gasteiger partial charge is 0.369 e. The molecule has 2 unspecified atom stereocenters. The lowest BCUT2D eigenvalue weighted by atomic mass is 9.94. The Morgan fingerprint density at radius 3 is 2.72 bits per heavy atom. The third kappa shape index (κ3) is 4.19. The number of nitrogens with one attached hydrogen (secondary N) is 1. The average Bonchev–Trinajstić information content (AvgIpc) is 3.04. The van der Waals surface area contributed by atoms with Crippen LogP contribution in [0.2, 0.25) is 0 Å². The molecule has 0 radical (unpaired) electrons. The Labute approximate surface area is 169 Å². The van der Waals surface area contributed by atoms with Crippen molar-refractivity contribution >= 4 is 34.4 Å². The van der Waals surface area contributed by atoms with Crippen molar-refractivity contribution in [3.8, 4) is 0 Å². The van der Waals surface area contributed by atoms with Crippen molar-refractivity contribution in [1.29, 1.82) is 0 Å². The van der Waals surface area contributed by atoms with Crippen LogP contribution < -0.4 is 11.1 Å². The number of carbonyl (C=O) groups is 2. The number of carbonyl (C=O) groups excluding carboxylic acids is 2. The summed E-state index contributed by atoms with van der Waals surface area (Å²) in [4.78, 5) is 28.4. The summed E-state index contributed by atoms with van der Waals surface area (Å²) in [7, 11) is 0. The number of nitrogens with two attached hydrogens (primary N) is 1. The number of hydrogen-bond acceptors (Lipinski definition) is 5. The first-order valence-electron chi connectivity index (χ1n) is 9.14. The second-order valence-electron chi connectivity index (χ2n) is 7.05. The van der Waals surface area contributed by atoms with Gasteiger partial charge in [-0.25, -0.2) is 13.6 Å². The van der Waals surface area contributed by atoms with E-state index in [1.165, 1.54) is 11.8 Å². The van der Waals surface area contributed by atoms with E-state index >= 15 is 0 Å². The van der Waals surface area contributed by atoms with E-state index in [1.54, 1.807) is 0 Å². The normalized spacial score (nSPS) is 26.8. The summed E-state index contributed by atoms with van der Waals surface area (Å²) in [5.74, 6) is -3.84. The molecule has 154 valence electrons. The van der Waals surface area contributed by atoms with Crippen LogP contribution in [0.15, 0.2) is 34.8 Å². The van der Waals surface area contributed by atoms with E-state index in [9.17, 15) is 18.4 Å². The van der Waals surface area contributed by atoms with Crippen LogP contribution in [0, 0.1) is 17.6 Å². The standard InChI is InChI=1S/C19H19F2N3O4S/c20-11-1-2-14(13(21)8-11)23-18(26)24-17-15(16(22)25)10-3-4-19(27-5-6-28-19)9-12(7-10)29-17/h1-2,7-8,12,15H,3-6,9H2,(H2,22,25)(H,23,26). The molecule has 10 heteroatoms. The predicted molar refractivity (Wildman–Crippen MR) is 103 cm³/mol. The van der Waals surface area contributed by atoms with Crippen LogP contribution in [0.1, 0.15) is 19.3 Å². The quantitative estimate of drug-likeness (QED) is 0.712. The minimum Gasteiger partial charge on any atom is -0.369 e. The SMILES string of the molecule is NC(=O)C1C2=CC(CC3(CC2)OCCO3)SC1=NC(=O)Nc1ccc(F)cc1F. The maximum Gasteiger partial charge on any atom is 0.346 e. The van der Waals surface area contributed by atoms with Gasteiger partial charge in [0, 0.05) is 24.2 Å². The van der Waals surface area contributed by atoms with Crippen LogP contribution in [0.25, 0.3) is 0 Å². The zero-order valence-corrected chi connectivity index (χ0v) is 16.1. The molecule has 1 aromatic carbocycles. The summed E-state index contributed by atoms with van der Waals surface area (Å²) in [5.41, 5.74) is 6.16. The zero-order valence-electron chi connectivity index (χ0n) is 15.3. The number of halogens is 2. The van der Waals surface area contributed by atoms with Crippen LogP contribution in [-0.2, 0) is 14.3 Å². The molecule has 1 aromatic rings. The summed E-state index contributed by atoms with van der Waals surface area (Å²) in [6.45, 7) is 1.02. The second kappa shape index (κ2) is 7.85. The number of thioether (sulfide) groups is 1. The molecule has 7 nitrogen and oxygen atoms in total. The molecule has 0 saturated carbocycles. The van der Waals surface area contributed by atoms with E-state index in [2.05, 4.69) is 10.3 Å². The number of primary amides is 1. The fourth-order valence-corrected chi connectivity index (χ4v) is 5.24. The highest BCUT2D eigenvalue weighted by Gasteiger charge is 2.45. The number of nitrogens with zero attached hydrogens (tertiary/aromatic N) is 1. The Morgan fingerprint density at radius 1 is 1.28 bits per heavy atom. The molecule has 1 spiro atoms. The van der Waals surface area contributed by atoms with Gasteiger partial charge in [-0.2, -0.15) is 4.99 Å². The van der Waals surface area contributed by atoms with Gasteiger partial charge in [-0.15, -0.1) is 11.8 Å². The Morgan fingerprint density at radius 2 is 2.03 bits per heavy atom. The van der Waals surface area contributed by atoms with E-state index in [0.29, 0.717) is 38.5 Å². The topological polar surface area (TPSA) is 103 Å². The molecule has 1 saturated heterocycles. The van der Waals surface area contributed by atoms with Crippen molar-refractivity contribution in [2.24, 2.45) is 16.6 Å². The lowest BCUT2D eigenvalue weighted by Gasteiger charge is -2.29. The van der Waals surface area contributed by atoms with Crippen LogP contribution in [-0.4, -0.2) is 41.2 Å². The monoisotopic (exact) mass is 423 g/mol. The molecule has 1 aliphatic carbocycles. The lowest BCUT2D eigenvalue weighted by Crippen LogP contribution is -2.35. The highest BCUT2D eigenvalue weighted by molar-refractivity contribution is 8.14. The molecule has 3 amide bonds. The van der Waals surface area contributed by atoms with E-state index in [0.717, 1.165) is 17.7 Å². The third-order valence-corrected chi connectivity index (χ3v) is 6.25.